The van der Waals surface area contributed by atoms with E-state index in [4.69, 9.17) is 9.47 Å². The number of carbonyl (C=O) groups excluding carboxylic acids is 1. The molecule has 0 radical (unpaired) electrons. The van der Waals surface area contributed by atoms with Crippen LogP contribution < -0.4 is 14.4 Å². The highest BCUT2D eigenvalue weighted by Gasteiger charge is 2.60. The van der Waals surface area contributed by atoms with Gasteiger partial charge in [0, 0.05) is 18.4 Å². The van der Waals surface area contributed by atoms with Crippen LogP contribution in [-0.4, -0.2) is 45.7 Å². The quantitative estimate of drug-likeness (QED) is 0.488. The molecule has 0 atom stereocenters. The number of carbonyl (C=O) groups is 1. The van der Waals surface area contributed by atoms with Crippen LogP contribution in [0.5, 0.6) is 11.5 Å². The van der Waals surface area contributed by atoms with Gasteiger partial charge in [-0.05, 0) is 47.5 Å². The Balaban J connectivity index is 2.16. The second-order valence-corrected chi connectivity index (χ2v) is 6.74. The Morgan fingerprint density at radius 3 is 1.65 bits per heavy atom. The number of hydrogen-bond donors (Lipinski definition) is 0. The molecular formula is C20H17F6NO4. The average molecular weight is 449 g/mol. The van der Waals surface area contributed by atoms with Crippen LogP contribution in [0.15, 0.2) is 36.4 Å². The fourth-order valence-electron chi connectivity index (χ4n) is 3.45. The zero-order valence-corrected chi connectivity index (χ0v) is 16.5. The van der Waals surface area contributed by atoms with Crippen LogP contribution in [-0.2, 0) is 9.53 Å². The van der Waals surface area contributed by atoms with Crippen LogP contribution in [0.1, 0.15) is 17.0 Å². The maximum absolute atomic E-state index is 13.0. The molecule has 2 aromatic rings. The van der Waals surface area contributed by atoms with E-state index in [1.165, 1.54) is 26.4 Å². The normalized spacial score (nSPS) is 14.2. The van der Waals surface area contributed by atoms with Gasteiger partial charge in [0.25, 0.3) is 6.10 Å². The van der Waals surface area contributed by atoms with E-state index in [1.807, 2.05) is 0 Å². The van der Waals surface area contributed by atoms with E-state index in [0.717, 1.165) is 0 Å². The van der Waals surface area contributed by atoms with Crippen LogP contribution in [0.3, 0.4) is 0 Å². The van der Waals surface area contributed by atoms with Gasteiger partial charge >= 0.3 is 18.3 Å². The van der Waals surface area contributed by atoms with Crippen molar-refractivity contribution in [1.29, 1.82) is 0 Å². The smallest absolute Gasteiger partial charge is 0.434 e. The SMILES string of the molecule is COc1ccc2c(c1)C(C(=O)OC(C(F)(F)F)C(F)(F)F)c1cc(OC)ccc1N2C. The summed E-state index contributed by atoms with van der Waals surface area (Å²) in [6.45, 7) is 0. The average Bonchev–Trinajstić information content (AvgIpc) is 2.69. The standard InChI is InChI=1S/C20H17F6NO4/c1-27-14-6-4-10(29-2)8-12(14)16(13-9-11(30-3)5-7-15(13)27)17(28)31-18(19(21,22)23)20(24,25)26/h4-9,16,18H,1-3H3. The van der Waals surface area contributed by atoms with Gasteiger partial charge in [0.2, 0.25) is 0 Å². The topological polar surface area (TPSA) is 48.0 Å². The molecule has 1 heterocycles. The molecule has 0 saturated heterocycles. The number of hydrogen-bond acceptors (Lipinski definition) is 5. The lowest BCUT2D eigenvalue weighted by Crippen LogP contribution is -2.46. The Bertz CT molecular complexity index is 919. The largest absolute Gasteiger partial charge is 0.497 e. The molecule has 2 aromatic carbocycles. The lowest BCUT2D eigenvalue weighted by atomic mass is 9.84. The van der Waals surface area contributed by atoms with Gasteiger partial charge in [-0.3, -0.25) is 4.79 Å². The van der Waals surface area contributed by atoms with Crippen molar-refractivity contribution in [2.24, 2.45) is 0 Å². The third kappa shape index (κ3) is 4.21. The number of benzene rings is 2. The van der Waals surface area contributed by atoms with E-state index in [0.29, 0.717) is 11.4 Å². The summed E-state index contributed by atoms with van der Waals surface area (Å²) in [6.07, 6.45) is -15.9. The summed E-state index contributed by atoms with van der Waals surface area (Å²) in [7, 11) is 4.32. The molecule has 1 aliphatic rings. The third-order valence-electron chi connectivity index (χ3n) is 4.88. The molecule has 0 bridgehead atoms. The summed E-state index contributed by atoms with van der Waals surface area (Å²) in [4.78, 5) is 14.5. The van der Waals surface area contributed by atoms with Gasteiger partial charge in [-0.1, -0.05) is 0 Å². The number of esters is 1. The molecule has 0 N–H and O–H groups in total. The van der Waals surface area contributed by atoms with Gasteiger partial charge in [-0.2, -0.15) is 26.3 Å². The zero-order valence-electron chi connectivity index (χ0n) is 16.5. The lowest BCUT2D eigenvalue weighted by Gasteiger charge is -2.35. The van der Waals surface area contributed by atoms with E-state index < -0.39 is 30.3 Å². The summed E-state index contributed by atoms with van der Waals surface area (Å²) >= 11 is 0. The lowest BCUT2D eigenvalue weighted by molar-refractivity contribution is -0.313. The maximum atomic E-state index is 13.0. The molecule has 31 heavy (non-hydrogen) atoms. The van der Waals surface area contributed by atoms with Crippen LogP contribution in [0.25, 0.3) is 0 Å². The van der Waals surface area contributed by atoms with Gasteiger partial charge in [0.05, 0.1) is 14.2 Å². The number of alkyl halides is 6. The van der Waals surface area contributed by atoms with E-state index in [-0.39, 0.29) is 22.6 Å². The van der Waals surface area contributed by atoms with Crippen molar-refractivity contribution < 1.29 is 45.3 Å². The van der Waals surface area contributed by atoms with Crippen molar-refractivity contribution in [2.45, 2.75) is 24.4 Å². The highest BCUT2D eigenvalue weighted by atomic mass is 19.4. The third-order valence-corrected chi connectivity index (χ3v) is 4.88. The van der Waals surface area contributed by atoms with Crippen molar-refractivity contribution in [3.63, 3.8) is 0 Å². The first-order valence-corrected chi connectivity index (χ1v) is 8.82. The second-order valence-electron chi connectivity index (χ2n) is 6.74. The minimum absolute atomic E-state index is 0.135. The summed E-state index contributed by atoms with van der Waals surface area (Å²) in [6, 6.07) is 8.95. The molecule has 168 valence electrons. The maximum Gasteiger partial charge on any atom is 0.434 e. The predicted octanol–water partition coefficient (Wildman–Crippen LogP) is 4.95. The summed E-state index contributed by atoms with van der Waals surface area (Å²) < 4.78 is 92.2. The molecular weight excluding hydrogens is 432 g/mol. The highest BCUT2D eigenvalue weighted by molar-refractivity contribution is 5.92. The number of ether oxygens (including phenoxy) is 3. The number of fused-ring (bicyclic) bond motifs is 2. The molecule has 5 nitrogen and oxygen atoms in total. The molecule has 0 fully saturated rings. The van der Waals surface area contributed by atoms with E-state index in [1.54, 1.807) is 36.2 Å². The number of nitrogens with zero attached hydrogens (tertiary/aromatic N) is 1. The van der Waals surface area contributed by atoms with Gasteiger partial charge in [-0.25, -0.2) is 0 Å². The molecule has 0 amide bonds. The Morgan fingerprint density at radius 1 is 0.871 bits per heavy atom. The molecule has 0 spiro atoms. The summed E-state index contributed by atoms with van der Waals surface area (Å²) in [5.41, 5.74) is 1.07. The highest BCUT2D eigenvalue weighted by Crippen LogP contribution is 2.48. The second kappa shape index (κ2) is 7.86. The van der Waals surface area contributed by atoms with E-state index >= 15 is 0 Å². The minimum atomic E-state index is -5.83. The summed E-state index contributed by atoms with van der Waals surface area (Å²) in [5.74, 6) is -2.74. The zero-order chi connectivity index (χ0) is 23.1. The number of methoxy groups -OCH3 is 2. The van der Waals surface area contributed by atoms with Gasteiger partial charge in [0.15, 0.2) is 0 Å². The Morgan fingerprint density at radius 2 is 1.29 bits per heavy atom. The van der Waals surface area contributed by atoms with Crippen LogP contribution in [0.2, 0.25) is 0 Å². The first-order chi connectivity index (χ1) is 14.4. The molecule has 3 rings (SSSR count). The molecule has 0 saturated carbocycles. The number of halogens is 6. The van der Waals surface area contributed by atoms with Crippen molar-refractivity contribution >= 4 is 17.3 Å². The number of anilines is 2. The molecule has 0 unspecified atom stereocenters. The van der Waals surface area contributed by atoms with Gasteiger partial charge in [-0.15, -0.1) is 0 Å². The van der Waals surface area contributed by atoms with Crippen molar-refractivity contribution in [3.05, 3.63) is 47.5 Å². The first-order valence-electron chi connectivity index (χ1n) is 8.82. The monoisotopic (exact) mass is 449 g/mol. The van der Waals surface area contributed by atoms with Crippen LogP contribution >= 0.6 is 0 Å². The van der Waals surface area contributed by atoms with Crippen molar-refractivity contribution in [3.8, 4) is 11.5 Å². The Hall–Kier alpha value is -3.11. The van der Waals surface area contributed by atoms with Gasteiger partial charge < -0.3 is 19.1 Å². The Kier molecular flexibility index (Phi) is 5.72. The summed E-state index contributed by atoms with van der Waals surface area (Å²) in [5, 5.41) is 0. The Labute approximate surface area is 173 Å². The fourth-order valence-corrected chi connectivity index (χ4v) is 3.45. The number of rotatable bonds is 4. The van der Waals surface area contributed by atoms with Gasteiger partial charge in [0.1, 0.15) is 17.4 Å². The predicted molar refractivity (Wildman–Crippen MR) is 97.9 cm³/mol. The fraction of sp³-hybridized carbons (Fsp3) is 0.350. The van der Waals surface area contributed by atoms with Crippen molar-refractivity contribution in [2.75, 3.05) is 26.2 Å². The van der Waals surface area contributed by atoms with Crippen LogP contribution in [0.4, 0.5) is 37.7 Å². The molecule has 0 aromatic heterocycles. The van der Waals surface area contributed by atoms with E-state index in [2.05, 4.69) is 4.74 Å². The molecule has 11 heteroatoms. The van der Waals surface area contributed by atoms with E-state index in [9.17, 15) is 31.1 Å². The minimum Gasteiger partial charge on any atom is -0.497 e. The first kappa shape index (κ1) is 22.6. The molecule has 1 aliphatic heterocycles. The molecule has 0 aliphatic carbocycles. The van der Waals surface area contributed by atoms with Crippen LogP contribution in [0, 0.1) is 0 Å². The van der Waals surface area contributed by atoms with Crippen molar-refractivity contribution in [1.82, 2.24) is 0 Å².